The fraction of sp³-hybridized carbons (Fsp3) is 0.273. The van der Waals surface area contributed by atoms with Gasteiger partial charge < -0.3 is 19.3 Å². The van der Waals surface area contributed by atoms with Crippen molar-refractivity contribution in [1.29, 1.82) is 0 Å². The Morgan fingerprint density at radius 3 is 2.27 bits per heavy atom. The van der Waals surface area contributed by atoms with Gasteiger partial charge in [-0.15, -0.1) is 10.2 Å². The first-order chi connectivity index (χ1) is 16.0. The van der Waals surface area contributed by atoms with Crippen LogP contribution in [0.3, 0.4) is 0 Å². The maximum atomic E-state index is 13.1. The van der Waals surface area contributed by atoms with Crippen molar-refractivity contribution in [2.24, 2.45) is 0 Å². The molecule has 3 heterocycles. The smallest absolute Gasteiger partial charge is 0.286 e. The van der Waals surface area contributed by atoms with Gasteiger partial charge in [0.25, 0.3) is 11.6 Å². The first-order valence-corrected chi connectivity index (χ1v) is 10.2. The lowest BCUT2D eigenvalue weighted by Gasteiger charge is -2.35. The van der Waals surface area contributed by atoms with Crippen LogP contribution in [0.2, 0.25) is 0 Å². The number of pyridine rings is 1. The average Bonchev–Trinajstić information content (AvgIpc) is 2.88. The van der Waals surface area contributed by atoms with Crippen LogP contribution in [-0.4, -0.2) is 71.3 Å². The third-order valence-corrected chi connectivity index (χ3v) is 5.40. The third-order valence-electron chi connectivity index (χ3n) is 5.40. The van der Waals surface area contributed by atoms with Crippen molar-refractivity contribution in [3.8, 4) is 22.9 Å². The molecule has 3 aromatic rings. The van der Waals surface area contributed by atoms with Crippen molar-refractivity contribution >= 4 is 17.4 Å². The van der Waals surface area contributed by atoms with E-state index < -0.39 is 10.8 Å². The van der Waals surface area contributed by atoms with Gasteiger partial charge in [0.15, 0.2) is 17.3 Å². The number of anilines is 1. The summed E-state index contributed by atoms with van der Waals surface area (Å²) in [7, 11) is 2.80. The lowest BCUT2D eigenvalue weighted by Crippen LogP contribution is -2.49. The van der Waals surface area contributed by atoms with Gasteiger partial charge in [0.1, 0.15) is 11.3 Å². The highest BCUT2D eigenvalue weighted by Gasteiger charge is 2.30. The van der Waals surface area contributed by atoms with Crippen molar-refractivity contribution in [3.05, 3.63) is 64.3 Å². The lowest BCUT2D eigenvalue weighted by atomic mass is 10.1. The van der Waals surface area contributed by atoms with E-state index in [1.54, 1.807) is 11.1 Å². The number of ether oxygens (including phenoxy) is 2. The van der Waals surface area contributed by atoms with E-state index in [0.29, 0.717) is 37.7 Å². The molecule has 0 unspecified atom stereocenters. The minimum absolute atomic E-state index is 0.0365. The summed E-state index contributed by atoms with van der Waals surface area (Å²) in [5.74, 6) is 0.712. The van der Waals surface area contributed by atoms with E-state index in [1.807, 2.05) is 35.2 Å². The maximum absolute atomic E-state index is 13.1. The Morgan fingerprint density at radius 2 is 1.70 bits per heavy atom. The summed E-state index contributed by atoms with van der Waals surface area (Å²) in [6.45, 7) is 1.80. The molecule has 0 aliphatic carbocycles. The number of nitro groups is 1. The molecular formula is C22H22N6O5. The number of nitro benzene ring substituents is 1. The number of carbonyl (C=O) groups excluding carboxylic acids is 1. The maximum Gasteiger partial charge on any atom is 0.286 e. The van der Waals surface area contributed by atoms with E-state index >= 15 is 0 Å². The Balaban J connectivity index is 1.47. The van der Waals surface area contributed by atoms with E-state index in [1.165, 1.54) is 26.4 Å². The van der Waals surface area contributed by atoms with Gasteiger partial charge in [0.05, 0.1) is 30.9 Å². The topological polar surface area (TPSA) is 124 Å². The number of amides is 1. The minimum atomic E-state index is -0.593. The normalized spacial score (nSPS) is 13.5. The standard InChI is InChI=1S/C22H22N6O5/c1-32-19-13-15(18(28(30)31)14-20(19)33-2)22(29)27-11-9-26(10-12-27)21-7-6-17(24-25-21)16-5-3-4-8-23-16/h3-8,13-14H,9-12H2,1-2H3. The second-order valence-corrected chi connectivity index (χ2v) is 7.25. The number of piperazine rings is 1. The van der Waals surface area contributed by atoms with Gasteiger partial charge in [-0.2, -0.15) is 0 Å². The van der Waals surface area contributed by atoms with Crippen molar-refractivity contribution in [2.75, 3.05) is 45.3 Å². The molecule has 1 fully saturated rings. The molecule has 170 valence electrons. The fourth-order valence-electron chi connectivity index (χ4n) is 3.64. The largest absolute Gasteiger partial charge is 0.493 e. The van der Waals surface area contributed by atoms with E-state index in [9.17, 15) is 14.9 Å². The summed E-state index contributed by atoms with van der Waals surface area (Å²) in [5.41, 5.74) is 1.05. The molecule has 0 bridgehead atoms. The van der Waals surface area contributed by atoms with E-state index in [-0.39, 0.29) is 22.7 Å². The van der Waals surface area contributed by atoms with Crippen molar-refractivity contribution in [2.45, 2.75) is 0 Å². The van der Waals surface area contributed by atoms with Gasteiger partial charge in [0.2, 0.25) is 0 Å². The number of methoxy groups -OCH3 is 2. The van der Waals surface area contributed by atoms with Crippen LogP contribution in [0, 0.1) is 10.1 Å². The van der Waals surface area contributed by atoms with Crippen LogP contribution in [0.25, 0.3) is 11.4 Å². The van der Waals surface area contributed by atoms with Crippen molar-refractivity contribution in [3.63, 3.8) is 0 Å². The molecule has 11 heteroatoms. The molecule has 0 saturated carbocycles. The van der Waals surface area contributed by atoms with Gasteiger partial charge in [-0.1, -0.05) is 6.07 Å². The second kappa shape index (κ2) is 9.47. The minimum Gasteiger partial charge on any atom is -0.493 e. The molecule has 33 heavy (non-hydrogen) atoms. The van der Waals surface area contributed by atoms with Crippen LogP contribution in [0.1, 0.15) is 10.4 Å². The molecule has 1 aliphatic rings. The predicted molar refractivity (Wildman–Crippen MR) is 120 cm³/mol. The van der Waals surface area contributed by atoms with Crippen LogP contribution < -0.4 is 14.4 Å². The number of nitrogens with zero attached hydrogens (tertiary/aromatic N) is 6. The third kappa shape index (κ3) is 4.52. The Morgan fingerprint density at radius 1 is 0.970 bits per heavy atom. The summed E-state index contributed by atoms with van der Waals surface area (Å²) >= 11 is 0. The monoisotopic (exact) mass is 450 g/mol. The Kier molecular flexibility index (Phi) is 6.29. The summed E-state index contributed by atoms with van der Waals surface area (Å²) in [6.07, 6.45) is 1.70. The molecule has 0 spiro atoms. The second-order valence-electron chi connectivity index (χ2n) is 7.25. The van der Waals surface area contributed by atoms with Crippen LogP contribution in [-0.2, 0) is 0 Å². The van der Waals surface area contributed by atoms with Gasteiger partial charge in [0, 0.05) is 38.4 Å². The van der Waals surface area contributed by atoms with E-state index in [0.717, 1.165) is 5.69 Å². The van der Waals surface area contributed by atoms with Crippen LogP contribution >= 0.6 is 0 Å². The molecule has 0 atom stereocenters. The Bertz CT molecular complexity index is 1150. The highest BCUT2D eigenvalue weighted by molar-refractivity contribution is 5.99. The zero-order valence-corrected chi connectivity index (χ0v) is 18.2. The summed E-state index contributed by atoms with van der Waals surface area (Å²) in [6, 6.07) is 11.9. The molecule has 1 amide bonds. The number of hydrogen-bond donors (Lipinski definition) is 0. The number of rotatable bonds is 6. The van der Waals surface area contributed by atoms with Crippen LogP contribution in [0.4, 0.5) is 11.5 Å². The highest BCUT2D eigenvalue weighted by atomic mass is 16.6. The SMILES string of the molecule is COc1cc(C(=O)N2CCN(c3ccc(-c4ccccn4)nn3)CC2)c([N+](=O)[O-])cc1OC. The molecular weight excluding hydrogens is 428 g/mol. The summed E-state index contributed by atoms with van der Waals surface area (Å²) in [4.78, 5) is 31.9. The van der Waals surface area contributed by atoms with Gasteiger partial charge in [-0.25, -0.2) is 0 Å². The molecule has 1 aliphatic heterocycles. The first-order valence-electron chi connectivity index (χ1n) is 10.2. The van der Waals surface area contributed by atoms with Crippen LogP contribution in [0.15, 0.2) is 48.7 Å². The number of carbonyl (C=O) groups is 1. The highest BCUT2D eigenvalue weighted by Crippen LogP contribution is 2.35. The number of benzene rings is 1. The zero-order valence-electron chi connectivity index (χ0n) is 18.2. The molecule has 11 nitrogen and oxygen atoms in total. The van der Waals surface area contributed by atoms with Gasteiger partial charge in [-0.05, 0) is 24.3 Å². The quantitative estimate of drug-likeness (QED) is 0.411. The molecule has 4 rings (SSSR count). The van der Waals surface area contributed by atoms with Gasteiger partial charge >= 0.3 is 0 Å². The number of hydrogen-bond acceptors (Lipinski definition) is 9. The van der Waals surface area contributed by atoms with E-state index in [4.69, 9.17) is 9.47 Å². The average molecular weight is 450 g/mol. The summed E-state index contributed by atoms with van der Waals surface area (Å²) < 4.78 is 10.3. The van der Waals surface area contributed by atoms with Crippen LogP contribution in [0.5, 0.6) is 11.5 Å². The fourth-order valence-corrected chi connectivity index (χ4v) is 3.64. The molecule has 2 aromatic heterocycles. The van der Waals surface area contributed by atoms with E-state index in [2.05, 4.69) is 15.2 Å². The molecule has 1 saturated heterocycles. The summed E-state index contributed by atoms with van der Waals surface area (Å²) in [5, 5.41) is 20.1. The number of aromatic nitrogens is 3. The van der Waals surface area contributed by atoms with Crippen molar-refractivity contribution in [1.82, 2.24) is 20.1 Å². The zero-order chi connectivity index (χ0) is 23.4. The molecule has 1 aromatic carbocycles. The first kappa shape index (κ1) is 21.9. The lowest BCUT2D eigenvalue weighted by molar-refractivity contribution is -0.385. The molecule has 0 N–H and O–H groups in total. The molecule has 0 radical (unpaired) electrons. The van der Waals surface area contributed by atoms with Gasteiger partial charge in [-0.3, -0.25) is 19.9 Å². The Labute approximate surface area is 189 Å². The Hall–Kier alpha value is -4.28. The predicted octanol–water partition coefficient (Wildman–Crippen LogP) is 2.43. The van der Waals surface area contributed by atoms with Crippen molar-refractivity contribution < 1.29 is 19.2 Å².